The average Bonchev–Trinajstić information content (AvgIpc) is 2.42. The molecule has 0 radical (unpaired) electrons. The molecular weight excluding hydrogens is 234 g/mol. The maximum absolute atomic E-state index is 12.1. The van der Waals surface area contributed by atoms with Crippen LogP contribution in [0.25, 0.3) is 0 Å². The van der Waals surface area contributed by atoms with Crippen molar-refractivity contribution in [2.75, 3.05) is 6.54 Å². The molecule has 19 heavy (non-hydrogen) atoms. The third-order valence-electron chi connectivity index (χ3n) is 3.19. The van der Waals surface area contributed by atoms with Crippen LogP contribution < -0.4 is 5.73 Å². The van der Waals surface area contributed by atoms with Crippen molar-refractivity contribution in [3.63, 3.8) is 0 Å². The highest BCUT2D eigenvalue weighted by atomic mass is 16.1. The lowest BCUT2D eigenvalue weighted by atomic mass is 10.0. The fourth-order valence-corrected chi connectivity index (χ4v) is 2.02. The number of carbonyl (C=O) groups excluding carboxylic acids is 1. The lowest BCUT2D eigenvalue weighted by Crippen LogP contribution is -2.05. The quantitative estimate of drug-likeness (QED) is 0.833. The van der Waals surface area contributed by atoms with Crippen LogP contribution in [0, 0.1) is 6.92 Å². The molecule has 0 aromatic heterocycles. The molecule has 0 saturated carbocycles. The van der Waals surface area contributed by atoms with Crippen LogP contribution >= 0.6 is 0 Å². The summed E-state index contributed by atoms with van der Waals surface area (Å²) in [5.41, 5.74) is 9.71. The van der Waals surface area contributed by atoms with E-state index in [2.05, 4.69) is 0 Å². The summed E-state index contributed by atoms with van der Waals surface area (Å²) in [5.74, 6) is 0.156. The minimum absolute atomic E-state index is 0.156. The van der Waals surface area contributed by atoms with Crippen molar-refractivity contribution in [2.45, 2.75) is 19.8 Å². The van der Waals surface area contributed by atoms with E-state index in [0.29, 0.717) is 13.0 Å². The van der Waals surface area contributed by atoms with Gasteiger partial charge in [0, 0.05) is 12.0 Å². The predicted octanol–water partition coefficient (Wildman–Crippen LogP) is 2.92. The molecule has 0 heterocycles. The first kappa shape index (κ1) is 13.5. The molecule has 2 rings (SSSR count). The molecule has 0 unspecified atom stereocenters. The van der Waals surface area contributed by atoms with Crippen LogP contribution in [0.15, 0.2) is 48.5 Å². The first-order valence-corrected chi connectivity index (χ1v) is 6.57. The van der Waals surface area contributed by atoms with Gasteiger partial charge in [0.25, 0.3) is 0 Å². The van der Waals surface area contributed by atoms with Crippen LogP contribution in [0.5, 0.6) is 0 Å². The lowest BCUT2D eigenvalue weighted by molar-refractivity contribution is 0.0993. The number of hydrogen-bond acceptors (Lipinski definition) is 2. The number of rotatable bonds is 5. The Hall–Kier alpha value is -1.93. The molecule has 0 aliphatic carbocycles. The largest absolute Gasteiger partial charge is 0.330 e. The van der Waals surface area contributed by atoms with Crippen molar-refractivity contribution in [2.24, 2.45) is 5.73 Å². The molecule has 0 bridgehead atoms. The monoisotopic (exact) mass is 253 g/mol. The van der Waals surface area contributed by atoms with E-state index >= 15 is 0 Å². The third kappa shape index (κ3) is 3.76. The van der Waals surface area contributed by atoms with Crippen LogP contribution in [0.1, 0.15) is 27.0 Å². The van der Waals surface area contributed by atoms with E-state index in [1.54, 1.807) is 0 Å². The zero-order chi connectivity index (χ0) is 13.7. The van der Waals surface area contributed by atoms with Gasteiger partial charge in [-0.25, -0.2) is 0 Å². The lowest BCUT2D eigenvalue weighted by Gasteiger charge is -2.04. The first-order chi connectivity index (χ1) is 9.19. The Kier molecular flexibility index (Phi) is 4.48. The average molecular weight is 253 g/mol. The van der Waals surface area contributed by atoms with E-state index in [-0.39, 0.29) is 5.78 Å². The van der Waals surface area contributed by atoms with E-state index < -0.39 is 0 Å². The number of nitrogens with two attached hydrogens (primary N) is 1. The van der Waals surface area contributed by atoms with Crippen molar-refractivity contribution in [3.8, 4) is 0 Å². The van der Waals surface area contributed by atoms with Crippen molar-refractivity contribution >= 4 is 5.78 Å². The zero-order valence-electron chi connectivity index (χ0n) is 11.2. The van der Waals surface area contributed by atoms with E-state index in [1.165, 1.54) is 11.1 Å². The topological polar surface area (TPSA) is 43.1 Å². The number of Topliss-reactive ketones (excluding diaryl/α,β-unsaturated/α-hetero) is 1. The van der Waals surface area contributed by atoms with E-state index in [4.69, 9.17) is 5.73 Å². The summed E-state index contributed by atoms with van der Waals surface area (Å²) >= 11 is 0. The maximum Gasteiger partial charge on any atom is 0.167 e. The molecule has 0 aliphatic heterocycles. The number of carbonyl (C=O) groups is 1. The Morgan fingerprint density at radius 1 is 0.947 bits per heavy atom. The number of benzene rings is 2. The fraction of sp³-hybridized carbons (Fsp3) is 0.235. The van der Waals surface area contributed by atoms with Crippen LogP contribution in [0.4, 0.5) is 0 Å². The molecule has 2 N–H and O–H groups in total. The fourth-order valence-electron chi connectivity index (χ4n) is 2.02. The predicted molar refractivity (Wildman–Crippen MR) is 78.4 cm³/mol. The Morgan fingerprint density at radius 3 is 2.11 bits per heavy atom. The highest BCUT2D eigenvalue weighted by Crippen LogP contribution is 2.10. The highest BCUT2D eigenvalue weighted by molar-refractivity contribution is 5.97. The van der Waals surface area contributed by atoms with Gasteiger partial charge in [-0.2, -0.15) is 0 Å². The van der Waals surface area contributed by atoms with E-state index in [9.17, 15) is 4.79 Å². The van der Waals surface area contributed by atoms with Gasteiger partial charge in [0.2, 0.25) is 0 Å². The summed E-state index contributed by atoms with van der Waals surface area (Å²) in [5, 5.41) is 0. The molecule has 2 aromatic carbocycles. The van der Waals surface area contributed by atoms with Gasteiger partial charge in [0.1, 0.15) is 0 Å². The molecule has 98 valence electrons. The second-order valence-electron chi connectivity index (χ2n) is 4.82. The first-order valence-electron chi connectivity index (χ1n) is 6.57. The molecular formula is C17H19NO. The number of aryl methyl sites for hydroxylation is 1. The molecule has 2 nitrogen and oxygen atoms in total. The number of hydrogen-bond donors (Lipinski definition) is 1. The van der Waals surface area contributed by atoms with Crippen molar-refractivity contribution in [1.29, 1.82) is 0 Å². The molecule has 2 aromatic rings. The smallest absolute Gasteiger partial charge is 0.167 e. The van der Waals surface area contributed by atoms with Crippen molar-refractivity contribution in [3.05, 3.63) is 70.8 Å². The summed E-state index contributed by atoms with van der Waals surface area (Å²) in [6, 6.07) is 15.8. The molecule has 0 amide bonds. The molecule has 0 spiro atoms. The van der Waals surface area contributed by atoms with Gasteiger partial charge in [-0.1, -0.05) is 54.1 Å². The minimum Gasteiger partial charge on any atom is -0.330 e. The van der Waals surface area contributed by atoms with Gasteiger partial charge in [0.15, 0.2) is 5.78 Å². The normalized spacial score (nSPS) is 10.4. The maximum atomic E-state index is 12.1. The summed E-state index contributed by atoms with van der Waals surface area (Å²) in [6.45, 7) is 2.68. The summed E-state index contributed by atoms with van der Waals surface area (Å²) in [7, 11) is 0. The molecule has 2 heteroatoms. The van der Waals surface area contributed by atoms with Crippen molar-refractivity contribution < 1.29 is 4.79 Å². The molecule has 0 atom stereocenters. The summed E-state index contributed by atoms with van der Waals surface area (Å²) < 4.78 is 0. The Labute approximate surface area is 114 Å². The van der Waals surface area contributed by atoms with Gasteiger partial charge in [-0.05, 0) is 31.0 Å². The Bertz CT molecular complexity index is 540. The second kappa shape index (κ2) is 6.30. The molecule has 0 saturated heterocycles. The van der Waals surface area contributed by atoms with Crippen LogP contribution in [0.2, 0.25) is 0 Å². The summed E-state index contributed by atoms with van der Waals surface area (Å²) in [6.07, 6.45) is 1.31. The SMILES string of the molecule is Cc1ccc(CC(=O)c2ccc(CCN)cc2)cc1. The highest BCUT2D eigenvalue weighted by Gasteiger charge is 2.06. The number of ketones is 1. The minimum atomic E-state index is 0.156. The molecule has 0 fully saturated rings. The van der Waals surface area contributed by atoms with Gasteiger partial charge >= 0.3 is 0 Å². The second-order valence-corrected chi connectivity index (χ2v) is 4.82. The molecule has 0 aliphatic rings. The Morgan fingerprint density at radius 2 is 1.53 bits per heavy atom. The van der Waals surface area contributed by atoms with Gasteiger partial charge in [-0.3, -0.25) is 4.79 Å². The van der Waals surface area contributed by atoms with Crippen LogP contribution in [0.3, 0.4) is 0 Å². The van der Waals surface area contributed by atoms with Gasteiger partial charge in [-0.15, -0.1) is 0 Å². The van der Waals surface area contributed by atoms with Gasteiger partial charge in [0.05, 0.1) is 0 Å². The van der Waals surface area contributed by atoms with Gasteiger partial charge < -0.3 is 5.73 Å². The Balaban J connectivity index is 2.05. The van der Waals surface area contributed by atoms with Crippen LogP contribution in [-0.2, 0) is 12.8 Å². The standard InChI is InChI=1S/C17H19NO/c1-13-2-4-15(5-3-13)12-17(19)16-8-6-14(7-9-16)10-11-18/h2-9H,10-12,18H2,1H3. The zero-order valence-corrected chi connectivity index (χ0v) is 11.2. The van der Waals surface area contributed by atoms with E-state index in [0.717, 1.165) is 17.5 Å². The summed E-state index contributed by atoms with van der Waals surface area (Å²) in [4.78, 5) is 12.1. The third-order valence-corrected chi connectivity index (χ3v) is 3.19. The van der Waals surface area contributed by atoms with E-state index in [1.807, 2.05) is 55.5 Å². The van der Waals surface area contributed by atoms with Crippen LogP contribution in [-0.4, -0.2) is 12.3 Å². The van der Waals surface area contributed by atoms with Crippen molar-refractivity contribution in [1.82, 2.24) is 0 Å².